The van der Waals surface area contributed by atoms with E-state index in [2.05, 4.69) is 49.9 Å². The molecular weight excluding hydrogens is 252 g/mol. The van der Waals surface area contributed by atoms with Gasteiger partial charge >= 0.3 is 0 Å². The molecule has 2 atom stereocenters. The summed E-state index contributed by atoms with van der Waals surface area (Å²) in [7, 11) is -1.92. The first-order valence-corrected chi connectivity index (χ1v) is 15.1. The fraction of sp³-hybridized carbons (Fsp3) is 1.00. The van der Waals surface area contributed by atoms with Gasteiger partial charge in [-0.15, -0.1) is 0 Å². The average molecular weight is 287 g/mol. The lowest BCUT2D eigenvalue weighted by atomic mass is 9.90. The van der Waals surface area contributed by atoms with Crippen LogP contribution >= 0.6 is 0 Å². The van der Waals surface area contributed by atoms with E-state index >= 15 is 0 Å². The number of rotatable bonds is 6. The fourth-order valence-electron chi connectivity index (χ4n) is 2.49. The first kappa shape index (κ1) is 16.4. The van der Waals surface area contributed by atoms with Crippen molar-refractivity contribution in [2.75, 3.05) is 12.3 Å². The van der Waals surface area contributed by atoms with E-state index in [1.807, 2.05) is 0 Å². The van der Waals surface area contributed by atoms with E-state index in [0.717, 1.165) is 12.1 Å². The number of nitrogens with one attached hydrogen (secondary N) is 2. The Morgan fingerprint density at radius 3 is 1.33 bits per heavy atom. The molecule has 1 rings (SSSR count). The fourth-order valence-corrected chi connectivity index (χ4v) is 4.24. The van der Waals surface area contributed by atoms with Gasteiger partial charge in [-0.25, -0.2) is 0 Å². The van der Waals surface area contributed by atoms with Crippen LogP contribution in [0.3, 0.4) is 0 Å². The molecule has 18 heavy (non-hydrogen) atoms. The third-order valence-electron chi connectivity index (χ3n) is 3.56. The standard InChI is InChI=1S/C14H34N2Si2/c1-17(2,3)11-15-13-9-7-8-10-14(13)16-12-18(4,5)6/h13-16H,7-12H2,1-6H3/t13-,14-/m1/s1. The predicted octanol–water partition coefficient (Wildman–Crippen LogP) is 3.23. The van der Waals surface area contributed by atoms with Crippen LogP contribution in [0.15, 0.2) is 0 Å². The van der Waals surface area contributed by atoms with Gasteiger partial charge in [0.2, 0.25) is 0 Å². The molecule has 0 radical (unpaired) electrons. The second kappa shape index (κ2) is 6.68. The van der Waals surface area contributed by atoms with E-state index in [-0.39, 0.29) is 0 Å². The Morgan fingerprint density at radius 1 is 0.722 bits per heavy atom. The minimum absolute atomic E-state index is 0.724. The number of hydrogen-bond acceptors (Lipinski definition) is 2. The Labute approximate surface area is 116 Å². The first-order chi connectivity index (χ1) is 8.17. The molecule has 0 aromatic heterocycles. The normalized spacial score (nSPS) is 26.3. The molecule has 108 valence electrons. The lowest BCUT2D eigenvalue weighted by molar-refractivity contribution is 0.301. The zero-order valence-electron chi connectivity index (χ0n) is 13.4. The van der Waals surface area contributed by atoms with Crippen LogP contribution in [0.1, 0.15) is 25.7 Å². The maximum absolute atomic E-state index is 3.86. The second-order valence-corrected chi connectivity index (χ2v) is 19.3. The summed E-state index contributed by atoms with van der Waals surface area (Å²) in [6.07, 6.45) is 8.09. The third kappa shape index (κ3) is 7.07. The van der Waals surface area contributed by atoms with Crippen LogP contribution in [0.4, 0.5) is 0 Å². The quantitative estimate of drug-likeness (QED) is 0.733. The topological polar surface area (TPSA) is 24.1 Å². The maximum Gasteiger partial charge on any atom is 0.0596 e. The molecule has 2 N–H and O–H groups in total. The van der Waals surface area contributed by atoms with Crippen LogP contribution in [-0.4, -0.2) is 40.6 Å². The van der Waals surface area contributed by atoms with Gasteiger partial charge in [-0.05, 0) is 25.2 Å². The van der Waals surface area contributed by atoms with E-state index in [9.17, 15) is 0 Å². The van der Waals surface area contributed by atoms with Crippen molar-refractivity contribution in [2.45, 2.75) is 77.0 Å². The maximum atomic E-state index is 3.86. The van der Waals surface area contributed by atoms with Crippen LogP contribution in [0.25, 0.3) is 0 Å². The Bertz CT molecular complexity index is 217. The lowest BCUT2D eigenvalue weighted by Gasteiger charge is -2.36. The molecule has 0 aliphatic heterocycles. The van der Waals surface area contributed by atoms with E-state index in [4.69, 9.17) is 0 Å². The summed E-state index contributed by atoms with van der Waals surface area (Å²) in [5.74, 6) is 0. The highest BCUT2D eigenvalue weighted by Gasteiger charge is 2.27. The van der Waals surface area contributed by atoms with Crippen LogP contribution in [0.2, 0.25) is 39.3 Å². The van der Waals surface area contributed by atoms with Gasteiger partial charge < -0.3 is 10.6 Å². The molecule has 0 spiro atoms. The van der Waals surface area contributed by atoms with Gasteiger partial charge in [0.05, 0.1) is 16.1 Å². The molecule has 0 bridgehead atoms. The first-order valence-electron chi connectivity index (χ1n) is 7.64. The van der Waals surface area contributed by atoms with Crippen molar-refractivity contribution in [1.82, 2.24) is 10.6 Å². The van der Waals surface area contributed by atoms with Crippen LogP contribution in [-0.2, 0) is 0 Å². The SMILES string of the molecule is C[Si](C)(C)CN[C@@H]1CCCC[C@H]1NC[Si](C)(C)C. The van der Waals surface area contributed by atoms with Crippen molar-refractivity contribution in [2.24, 2.45) is 0 Å². The summed E-state index contributed by atoms with van der Waals surface area (Å²) in [6, 6.07) is 1.45. The van der Waals surface area contributed by atoms with Crippen LogP contribution in [0.5, 0.6) is 0 Å². The van der Waals surface area contributed by atoms with Gasteiger partial charge in [0.1, 0.15) is 0 Å². The molecule has 1 aliphatic carbocycles. The van der Waals surface area contributed by atoms with E-state index < -0.39 is 16.1 Å². The molecule has 4 heteroatoms. The Morgan fingerprint density at radius 2 is 1.06 bits per heavy atom. The minimum atomic E-state index is -0.961. The summed E-state index contributed by atoms with van der Waals surface area (Å²) in [6.45, 7) is 14.7. The molecule has 2 nitrogen and oxygen atoms in total. The largest absolute Gasteiger partial charge is 0.315 e. The molecule has 0 saturated heterocycles. The Balaban J connectivity index is 2.42. The lowest BCUT2D eigenvalue weighted by Crippen LogP contribution is -2.55. The second-order valence-electron chi connectivity index (χ2n) is 8.38. The van der Waals surface area contributed by atoms with Crippen LogP contribution in [0, 0.1) is 0 Å². The van der Waals surface area contributed by atoms with Gasteiger partial charge in [-0.1, -0.05) is 52.1 Å². The molecule has 1 fully saturated rings. The molecule has 0 amide bonds. The monoisotopic (exact) mass is 286 g/mol. The highest BCUT2D eigenvalue weighted by Crippen LogP contribution is 2.19. The molecule has 0 unspecified atom stereocenters. The predicted molar refractivity (Wildman–Crippen MR) is 88.7 cm³/mol. The summed E-state index contributed by atoms with van der Waals surface area (Å²) in [4.78, 5) is 0. The molecule has 0 aromatic rings. The van der Waals surface area contributed by atoms with Crippen LogP contribution < -0.4 is 10.6 Å². The van der Waals surface area contributed by atoms with E-state index in [1.54, 1.807) is 0 Å². The summed E-state index contributed by atoms with van der Waals surface area (Å²) < 4.78 is 0. The van der Waals surface area contributed by atoms with Gasteiger partial charge in [0, 0.05) is 12.1 Å². The summed E-state index contributed by atoms with van der Waals surface area (Å²) in [5, 5.41) is 7.73. The molecular formula is C14H34N2Si2. The van der Waals surface area contributed by atoms with Crippen molar-refractivity contribution < 1.29 is 0 Å². The Kier molecular flexibility index (Phi) is 6.09. The van der Waals surface area contributed by atoms with E-state index in [1.165, 1.54) is 38.0 Å². The van der Waals surface area contributed by atoms with Gasteiger partial charge in [-0.3, -0.25) is 0 Å². The van der Waals surface area contributed by atoms with Gasteiger partial charge in [-0.2, -0.15) is 0 Å². The summed E-state index contributed by atoms with van der Waals surface area (Å²) in [5.41, 5.74) is 0. The average Bonchev–Trinajstić information content (AvgIpc) is 2.22. The Hall–Kier alpha value is 0.354. The summed E-state index contributed by atoms with van der Waals surface area (Å²) >= 11 is 0. The zero-order valence-corrected chi connectivity index (χ0v) is 15.4. The molecule has 0 aromatic carbocycles. The van der Waals surface area contributed by atoms with Gasteiger partial charge in [0.25, 0.3) is 0 Å². The molecule has 1 aliphatic rings. The highest BCUT2D eigenvalue weighted by atomic mass is 28.3. The number of hydrogen-bond donors (Lipinski definition) is 2. The minimum Gasteiger partial charge on any atom is -0.315 e. The van der Waals surface area contributed by atoms with E-state index in [0.29, 0.717) is 0 Å². The van der Waals surface area contributed by atoms with Crippen molar-refractivity contribution in [3.63, 3.8) is 0 Å². The highest BCUT2D eigenvalue weighted by molar-refractivity contribution is 6.76. The molecule has 1 saturated carbocycles. The zero-order chi connectivity index (χ0) is 13.8. The molecule has 0 heterocycles. The van der Waals surface area contributed by atoms with Gasteiger partial charge in [0.15, 0.2) is 0 Å². The smallest absolute Gasteiger partial charge is 0.0596 e. The van der Waals surface area contributed by atoms with Crippen molar-refractivity contribution >= 4 is 16.1 Å². The van der Waals surface area contributed by atoms with Crippen molar-refractivity contribution in [3.05, 3.63) is 0 Å². The third-order valence-corrected chi connectivity index (χ3v) is 6.08. The van der Waals surface area contributed by atoms with Crippen molar-refractivity contribution in [3.8, 4) is 0 Å². The van der Waals surface area contributed by atoms with Crippen molar-refractivity contribution in [1.29, 1.82) is 0 Å².